The molecule has 1 aromatic rings. The van der Waals surface area contributed by atoms with E-state index in [1.54, 1.807) is 11.8 Å². The minimum absolute atomic E-state index is 1.01. The Kier molecular flexibility index (Phi) is 4.83. The summed E-state index contributed by atoms with van der Waals surface area (Å²) in [6.07, 6.45) is 7.10. The summed E-state index contributed by atoms with van der Waals surface area (Å²) in [5, 5.41) is 11.2. The van der Waals surface area contributed by atoms with Gasteiger partial charge in [0.1, 0.15) is 5.03 Å². The van der Waals surface area contributed by atoms with Crippen molar-refractivity contribution in [2.24, 2.45) is 0 Å². The predicted octanol–water partition coefficient (Wildman–Crippen LogP) is 2.48. The largest absolute Gasteiger partial charge is 0.264 e. The molecule has 0 radical (unpaired) electrons. The predicted molar refractivity (Wildman–Crippen MR) is 51.2 cm³/mol. The molecule has 68 valence electrons. The van der Waals surface area contributed by atoms with Crippen LogP contribution in [-0.4, -0.2) is 21.2 Å². The van der Waals surface area contributed by atoms with E-state index in [0.717, 1.165) is 10.8 Å². The number of unbranched alkanes of at least 4 members (excludes halogenated alkanes) is 3. The quantitative estimate of drug-likeness (QED) is 0.547. The molecule has 0 saturated carbocycles. The third-order valence-corrected chi connectivity index (χ3v) is 2.63. The summed E-state index contributed by atoms with van der Waals surface area (Å²) in [7, 11) is 0. The SMILES string of the molecule is CCCCCCSc1c[nH]nn1. The standard InChI is InChI=1S/C8H15N3S/c1-2-3-4-5-6-12-8-7-9-11-10-8/h7H,2-6H2,1H3,(H,9,10,11). The normalized spacial score (nSPS) is 10.4. The molecule has 0 aromatic carbocycles. The fourth-order valence-electron chi connectivity index (χ4n) is 0.967. The Bertz CT molecular complexity index is 186. The van der Waals surface area contributed by atoms with Crippen LogP contribution in [0.3, 0.4) is 0 Å². The van der Waals surface area contributed by atoms with Gasteiger partial charge in [-0.25, -0.2) is 0 Å². The molecule has 0 aliphatic heterocycles. The lowest BCUT2D eigenvalue weighted by Gasteiger charge is -1.96. The lowest BCUT2D eigenvalue weighted by molar-refractivity contribution is 0.706. The maximum atomic E-state index is 3.89. The number of nitrogens with one attached hydrogen (secondary N) is 1. The highest BCUT2D eigenvalue weighted by molar-refractivity contribution is 7.99. The van der Waals surface area contributed by atoms with E-state index in [1.807, 2.05) is 6.20 Å². The lowest BCUT2D eigenvalue weighted by Crippen LogP contribution is -1.81. The van der Waals surface area contributed by atoms with Gasteiger partial charge in [0.05, 0.1) is 6.20 Å². The molecule has 0 aliphatic rings. The summed E-state index contributed by atoms with van der Waals surface area (Å²) in [5.74, 6) is 1.16. The minimum atomic E-state index is 1.01. The van der Waals surface area contributed by atoms with Crippen LogP contribution in [0.1, 0.15) is 32.6 Å². The molecule has 0 aliphatic carbocycles. The van der Waals surface area contributed by atoms with Crippen LogP contribution in [0.25, 0.3) is 0 Å². The third kappa shape index (κ3) is 3.76. The molecule has 4 heteroatoms. The zero-order valence-electron chi connectivity index (χ0n) is 7.42. The topological polar surface area (TPSA) is 41.6 Å². The molecule has 1 heterocycles. The van der Waals surface area contributed by atoms with E-state index >= 15 is 0 Å². The smallest absolute Gasteiger partial charge is 0.138 e. The van der Waals surface area contributed by atoms with Gasteiger partial charge < -0.3 is 0 Å². The summed E-state index contributed by atoms with van der Waals surface area (Å²) in [6.45, 7) is 2.23. The highest BCUT2D eigenvalue weighted by atomic mass is 32.2. The van der Waals surface area contributed by atoms with E-state index in [1.165, 1.54) is 25.7 Å². The van der Waals surface area contributed by atoms with Gasteiger partial charge in [-0.05, 0) is 12.2 Å². The maximum absolute atomic E-state index is 3.89. The number of H-pyrrole nitrogens is 1. The van der Waals surface area contributed by atoms with E-state index in [4.69, 9.17) is 0 Å². The molecule has 0 spiro atoms. The van der Waals surface area contributed by atoms with Crippen molar-refractivity contribution in [2.45, 2.75) is 37.6 Å². The Labute approximate surface area is 77.3 Å². The monoisotopic (exact) mass is 185 g/mol. The van der Waals surface area contributed by atoms with Gasteiger partial charge in [-0.15, -0.1) is 16.9 Å². The highest BCUT2D eigenvalue weighted by Gasteiger charge is 1.95. The van der Waals surface area contributed by atoms with Crippen LogP contribution in [0.15, 0.2) is 11.2 Å². The van der Waals surface area contributed by atoms with Crippen LogP contribution >= 0.6 is 11.8 Å². The van der Waals surface area contributed by atoms with Gasteiger partial charge in [0.15, 0.2) is 0 Å². The van der Waals surface area contributed by atoms with Crippen LogP contribution in [0.2, 0.25) is 0 Å². The van der Waals surface area contributed by atoms with Crippen LogP contribution in [-0.2, 0) is 0 Å². The molecule has 0 fully saturated rings. The van der Waals surface area contributed by atoms with Gasteiger partial charge in [-0.1, -0.05) is 31.4 Å². The molecule has 12 heavy (non-hydrogen) atoms. The Hall–Kier alpha value is -0.510. The highest BCUT2D eigenvalue weighted by Crippen LogP contribution is 2.15. The number of rotatable bonds is 6. The van der Waals surface area contributed by atoms with Crippen LogP contribution in [0.5, 0.6) is 0 Å². The van der Waals surface area contributed by atoms with Crippen LogP contribution in [0, 0.1) is 0 Å². The third-order valence-electron chi connectivity index (χ3n) is 1.64. The number of nitrogens with zero attached hydrogens (tertiary/aromatic N) is 2. The zero-order chi connectivity index (χ0) is 8.65. The molecule has 0 amide bonds. The number of hydrogen-bond donors (Lipinski definition) is 1. The number of aromatic nitrogens is 3. The molecule has 0 saturated heterocycles. The number of hydrogen-bond acceptors (Lipinski definition) is 3. The maximum Gasteiger partial charge on any atom is 0.138 e. The Morgan fingerprint density at radius 2 is 2.33 bits per heavy atom. The fraction of sp³-hybridized carbons (Fsp3) is 0.750. The first-order valence-corrected chi connectivity index (χ1v) is 5.41. The number of thioether (sulfide) groups is 1. The average Bonchev–Trinajstić information content (AvgIpc) is 2.57. The van der Waals surface area contributed by atoms with E-state index in [0.29, 0.717) is 0 Å². The van der Waals surface area contributed by atoms with Crippen molar-refractivity contribution < 1.29 is 0 Å². The van der Waals surface area contributed by atoms with Crippen molar-refractivity contribution in [2.75, 3.05) is 5.75 Å². The molecule has 3 nitrogen and oxygen atoms in total. The Balaban J connectivity index is 1.96. The second-order valence-corrected chi connectivity index (χ2v) is 3.84. The van der Waals surface area contributed by atoms with Crippen molar-refractivity contribution >= 4 is 11.8 Å². The average molecular weight is 185 g/mol. The summed E-state index contributed by atoms with van der Waals surface area (Å²) >= 11 is 1.77. The first kappa shape index (κ1) is 9.58. The van der Waals surface area contributed by atoms with E-state index < -0.39 is 0 Å². The summed E-state index contributed by atoms with van der Waals surface area (Å²) in [4.78, 5) is 0. The number of aromatic amines is 1. The van der Waals surface area contributed by atoms with Gasteiger partial charge in [-0.2, -0.15) is 0 Å². The van der Waals surface area contributed by atoms with E-state index in [9.17, 15) is 0 Å². The van der Waals surface area contributed by atoms with Crippen molar-refractivity contribution in [1.29, 1.82) is 0 Å². The van der Waals surface area contributed by atoms with Crippen molar-refractivity contribution in [3.8, 4) is 0 Å². The van der Waals surface area contributed by atoms with Crippen molar-refractivity contribution in [3.05, 3.63) is 6.20 Å². The molecule has 1 N–H and O–H groups in total. The molecular weight excluding hydrogens is 170 g/mol. The molecule has 1 aromatic heterocycles. The first-order chi connectivity index (χ1) is 5.93. The Morgan fingerprint density at radius 1 is 1.42 bits per heavy atom. The van der Waals surface area contributed by atoms with Gasteiger partial charge in [-0.3, -0.25) is 5.10 Å². The van der Waals surface area contributed by atoms with Crippen LogP contribution in [0.4, 0.5) is 0 Å². The fourth-order valence-corrected chi connectivity index (χ4v) is 1.76. The van der Waals surface area contributed by atoms with Gasteiger partial charge >= 0.3 is 0 Å². The minimum Gasteiger partial charge on any atom is -0.264 e. The van der Waals surface area contributed by atoms with Crippen molar-refractivity contribution in [3.63, 3.8) is 0 Å². The van der Waals surface area contributed by atoms with Gasteiger partial charge in [0, 0.05) is 0 Å². The molecule has 0 unspecified atom stereocenters. The van der Waals surface area contributed by atoms with Crippen molar-refractivity contribution in [1.82, 2.24) is 15.4 Å². The molecule has 0 atom stereocenters. The lowest BCUT2D eigenvalue weighted by atomic mass is 10.2. The Morgan fingerprint density at radius 3 is 3.00 bits per heavy atom. The zero-order valence-corrected chi connectivity index (χ0v) is 8.23. The van der Waals surface area contributed by atoms with Gasteiger partial charge in [0.2, 0.25) is 0 Å². The molecule has 1 rings (SSSR count). The molecular formula is C8H15N3S. The molecule has 0 bridgehead atoms. The van der Waals surface area contributed by atoms with E-state index in [-0.39, 0.29) is 0 Å². The first-order valence-electron chi connectivity index (χ1n) is 4.42. The summed E-state index contributed by atoms with van der Waals surface area (Å²) in [6, 6.07) is 0. The summed E-state index contributed by atoms with van der Waals surface area (Å²) in [5.41, 5.74) is 0. The van der Waals surface area contributed by atoms with Gasteiger partial charge in [0.25, 0.3) is 0 Å². The second kappa shape index (κ2) is 6.06. The van der Waals surface area contributed by atoms with E-state index in [2.05, 4.69) is 22.3 Å². The summed E-state index contributed by atoms with van der Waals surface area (Å²) < 4.78 is 0. The van der Waals surface area contributed by atoms with Crippen LogP contribution < -0.4 is 0 Å². The second-order valence-electron chi connectivity index (χ2n) is 2.72.